The minimum atomic E-state index is -0.582. The molecule has 2 aromatic carbocycles. The van der Waals surface area contributed by atoms with Gasteiger partial charge in [-0.2, -0.15) is 0 Å². The molecule has 0 aliphatic carbocycles. The molecule has 1 amide bonds. The predicted molar refractivity (Wildman–Crippen MR) is 123 cm³/mol. The highest BCUT2D eigenvalue weighted by Crippen LogP contribution is 2.34. The first-order valence-corrected chi connectivity index (χ1v) is 11.4. The molecule has 0 spiro atoms. The fourth-order valence-corrected chi connectivity index (χ4v) is 4.46. The van der Waals surface area contributed by atoms with Crippen molar-refractivity contribution >= 4 is 40.1 Å². The minimum Gasteiger partial charge on any atom is -0.457 e. The summed E-state index contributed by atoms with van der Waals surface area (Å²) in [5.41, 5.74) is 1.34. The number of hydrogen-bond acceptors (Lipinski definition) is 6. The van der Waals surface area contributed by atoms with E-state index in [-0.39, 0.29) is 5.91 Å². The lowest BCUT2D eigenvalue weighted by molar-refractivity contribution is -0.116. The van der Waals surface area contributed by atoms with Gasteiger partial charge in [0.1, 0.15) is 11.5 Å². The molecule has 2 aliphatic rings. The van der Waals surface area contributed by atoms with Crippen LogP contribution in [0.1, 0.15) is 25.3 Å². The normalized spacial score (nSPS) is 17.4. The number of halogens is 1. The summed E-state index contributed by atoms with van der Waals surface area (Å²) in [6, 6.07) is 18.8. The second kappa shape index (κ2) is 8.24. The summed E-state index contributed by atoms with van der Waals surface area (Å²) in [5, 5.41) is 12.0. The van der Waals surface area contributed by atoms with Crippen LogP contribution in [0, 0.1) is 0 Å². The molecule has 1 N–H and O–H groups in total. The zero-order valence-corrected chi connectivity index (χ0v) is 18.3. The van der Waals surface area contributed by atoms with Gasteiger partial charge in [-0.15, -0.1) is 5.10 Å². The maximum atomic E-state index is 13.0. The summed E-state index contributed by atoms with van der Waals surface area (Å²) < 4.78 is 6.16. The van der Waals surface area contributed by atoms with E-state index in [1.165, 1.54) is 11.8 Å². The number of nitrogens with one attached hydrogen (secondary N) is 1. The Morgan fingerprint density at radius 2 is 2.03 bits per heavy atom. The third kappa shape index (κ3) is 3.75. The molecule has 0 bridgehead atoms. The van der Waals surface area contributed by atoms with E-state index in [0.29, 0.717) is 27.4 Å². The SMILES string of the molecule is CCCSC1=NN2C(=c3ccccc3=N[C@@H]2c2ccc(-c3cccc(Cl)c3)o2)C(=O)N1. The van der Waals surface area contributed by atoms with Gasteiger partial charge in [0.2, 0.25) is 6.17 Å². The van der Waals surface area contributed by atoms with E-state index < -0.39 is 6.17 Å². The van der Waals surface area contributed by atoms with Gasteiger partial charge < -0.3 is 4.42 Å². The second-order valence-corrected chi connectivity index (χ2v) is 8.65. The number of carbonyl (C=O) groups is 1. The predicted octanol–water partition coefficient (Wildman–Crippen LogP) is 3.89. The summed E-state index contributed by atoms with van der Waals surface area (Å²) in [6.45, 7) is 2.09. The van der Waals surface area contributed by atoms with Gasteiger partial charge in [0, 0.05) is 21.6 Å². The Labute approximate surface area is 188 Å². The van der Waals surface area contributed by atoms with Crippen molar-refractivity contribution in [2.45, 2.75) is 19.5 Å². The summed E-state index contributed by atoms with van der Waals surface area (Å²) in [5.74, 6) is 1.95. The van der Waals surface area contributed by atoms with Crippen LogP contribution in [0.5, 0.6) is 0 Å². The van der Waals surface area contributed by atoms with Gasteiger partial charge in [-0.05, 0) is 36.8 Å². The molecule has 0 radical (unpaired) electrons. The fraction of sp³-hybridized carbons (Fsp3) is 0.174. The van der Waals surface area contributed by atoms with Crippen molar-refractivity contribution in [3.8, 4) is 11.3 Å². The Balaban J connectivity index is 1.62. The molecule has 31 heavy (non-hydrogen) atoms. The highest BCUT2D eigenvalue weighted by atomic mass is 35.5. The van der Waals surface area contributed by atoms with Gasteiger partial charge in [0.25, 0.3) is 5.91 Å². The molecule has 5 rings (SSSR count). The van der Waals surface area contributed by atoms with E-state index in [2.05, 4.69) is 12.2 Å². The van der Waals surface area contributed by atoms with Crippen molar-refractivity contribution in [1.82, 2.24) is 10.3 Å². The molecule has 0 saturated carbocycles. The number of carbonyl (C=O) groups excluding carboxylic acids is 1. The summed E-state index contributed by atoms with van der Waals surface area (Å²) >= 11 is 7.65. The van der Waals surface area contributed by atoms with E-state index >= 15 is 0 Å². The first-order chi connectivity index (χ1) is 15.1. The number of hydrogen-bond donors (Lipinski definition) is 1. The topological polar surface area (TPSA) is 70.2 Å². The largest absolute Gasteiger partial charge is 0.457 e. The van der Waals surface area contributed by atoms with E-state index in [1.807, 2.05) is 60.7 Å². The number of nitrogens with zero attached hydrogens (tertiary/aromatic N) is 3. The number of fused-ring (bicyclic) bond motifs is 2. The van der Waals surface area contributed by atoms with Crippen LogP contribution < -0.4 is 15.9 Å². The molecular weight excluding hydrogens is 432 g/mol. The molecule has 3 heterocycles. The quantitative estimate of drug-likeness (QED) is 0.654. The third-order valence-corrected chi connectivity index (χ3v) is 6.25. The monoisotopic (exact) mass is 450 g/mol. The molecule has 0 fully saturated rings. The van der Waals surface area contributed by atoms with Crippen LogP contribution in [0.3, 0.4) is 0 Å². The molecule has 0 unspecified atom stereocenters. The van der Waals surface area contributed by atoms with Crippen molar-refractivity contribution in [3.63, 3.8) is 0 Å². The third-order valence-electron chi connectivity index (χ3n) is 4.95. The van der Waals surface area contributed by atoms with Crippen molar-refractivity contribution in [1.29, 1.82) is 0 Å². The van der Waals surface area contributed by atoms with Crippen LogP contribution in [-0.2, 0) is 4.79 Å². The van der Waals surface area contributed by atoms with E-state index in [0.717, 1.165) is 28.3 Å². The van der Waals surface area contributed by atoms with Gasteiger partial charge in [-0.3, -0.25) is 10.1 Å². The lowest BCUT2D eigenvalue weighted by Crippen LogP contribution is -2.50. The molecule has 3 aromatic rings. The minimum absolute atomic E-state index is 0.192. The number of amidine groups is 1. The number of para-hydroxylation sites is 1. The average molecular weight is 451 g/mol. The smallest absolute Gasteiger partial charge is 0.276 e. The Morgan fingerprint density at radius 1 is 1.16 bits per heavy atom. The van der Waals surface area contributed by atoms with Gasteiger partial charge >= 0.3 is 0 Å². The molecule has 2 aliphatic heterocycles. The zero-order valence-electron chi connectivity index (χ0n) is 16.7. The summed E-state index contributed by atoms with van der Waals surface area (Å²) in [4.78, 5) is 17.9. The van der Waals surface area contributed by atoms with Gasteiger partial charge in [-0.25, -0.2) is 10.0 Å². The molecular formula is C23H19ClN4O2S. The molecule has 8 heteroatoms. The van der Waals surface area contributed by atoms with Gasteiger partial charge in [-0.1, -0.05) is 60.6 Å². The van der Waals surface area contributed by atoms with Gasteiger partial charge in [0.05, 0.1) is 5.36 Å². The molecule has 6 nitrogen and oxygen atoms in total. The fourth-order valence-electron chi connectivity index (χ4n) is 3.57. The lowest BCUT2D eigenvalue weighted by Gasteiger charge is -2.32. The first-order valence-electron chi connectivity index (χ1n) is 9.99. The highest BCUT2D eigenvalue weighted by Gasteiger charge is 2.35. The van der Waals surface area contributed by atoms with Crippen molar-refractivity contribution < 1.29 is 9.21 Å². The number of rotatable bonds is 4. The van der Waals surface area contributed by atoms with Crippen LogP contribution in [0.15, 0.2) is 75.2 Å². The Kier molecular flexibility index (Phi) is 5.29. The maximum Gasteiger partial charge on any atom is 0.276 e. The average Bonchev–Trinajstić information content (AvgIpc) is 3.27. The molecule has 1 atom stereocenters. The lowest BCUT2D eigenvalue weighted by atomic mass is 10.1. The number of thioether (sulfide) groups is 1. The molecule has 0 saturated heterocycles. The van der Waals surface area contributed by atoms with Crippen LogP contribution in [0.2, 0.25) is 5.02 Å². The van der Waals surface area contributed by atoms with E-state index in [9.17, 15) is 4.79 Å². The second-order valence-electron chi connectivity index (χ2n) is 7.13. The number of amides is 1. The van der Waals surface area contributed by atoms with E-state index in [1.54, 1.807) is 5.01 Å². The number of furan rings is 1. The first kappa shape index (κ1) is 19.9. The number of benzene rings is 2. The van der Waals surface area contributed by atoms with Crippen LogP contribution in [-0.4, -0.2) is 21.8 Å². The van der Waals surface area contributed by atoms with Crippen molar-refractivity contribution in [2.24, 2.45) is 10.1 Å². The Morgan fingerprint density at radius 3 is 2.87 bits per heavy atom. The van der Waals surface area contributed by atoms with Gasteiger partial charge in [0.15, 0.2) is 10.9 Å². The van der Waals surface area contributed by atoms with Crippen LogP contribution in [0.25, 0.3) is 17.0 Å². The Bertz CT molecular complexity index is 1320. The molecule has 156 valence electrons. The summed E-state index contributed by atoms with van der Waals surface area (Å²) in [7, 11) is 0. The zero-order chi connectivity index (χ0) is 21.4. The standard InChI is InChI=1S/C23H19ClN4O2S/c1-2-12-31-23-26-22(29)20-16-8-3-4-9-17(16)25-21(28(20)27-23)19-11-10-18(30-19)14-6-5-7-15(24)13-14/h3-11,13,21H,2,12H2,1H3,(H,26,27,29)/t21-/m0/s1. The van der Waals surface area contributed by atoms with E-state index in [4.69, 9.17) is 26.1 Å². The maximum absolute atomic E-state index is 13.0. The Hall–Kier alpha value is -3.03. The van der Waals surface area contributed by atoms with Crippen molar-refractivity contribution in [2.75, 3.05) is 5.75 Å². The molecule has 1 aromatic heterocycles. The highest BCUT2D eigenvalue weighted by molar-refractivity contribution is 8.13. The van der Waals surface area contributed by atoms with Crippen LogP contribution >= 0.6 is 23.4 Å². The number of hydrazone groups is 1. The summed E-state index contributed by atoms with van der Waals surface area (Å²) in [6.07, 6.45) is 0.398. The van der Waals surface area contributed by atoms with Crippen molar-refractivity contribution in [3.05, 3.63) is 82.0 Å². The van der Waals surface area contributed by atoms with Crippen LogP contribution in [0.4, 0.5) is 0 Å².